The van der Waals surface area contributed by atoms with Gasteiger partial charge in [-0.15, -0.1) is 4.13 Å². The number of ketones is 2. The Kier molecular flexibility index (Phi) is 4.05. The summed E-state index contributed by atoms with van der Waals surface area (Å²) in [5.41, 5.74) is 0.813. The van der Waals surface area contributed by atoms with Crippen molar-refractivity contribution in [3.8, 4) is 11.1 Å². The van der Waals surface area contributed by atoms with Crippen LogP contribution < -0.4 is 8.85 Å². The number of hydrogen-bond donors (Lipinski definition) is 2. The molecule has 0 saturated heterocycles. The number of carbonyl (C=O) groups is 2. The molecule has 0 bridgehead atoms. The maximum absolute atomic E-state index is 12.4. The van der Waals surface area contributed by atoms with E-state index >= 15 is 0 Å². The number of rotatable bonds is 4. The zero-order chi connectivity index (χ0) is 17.5. The van der Waals surface area contributed by atoms with Crippen LogP contribution >= 0.6 is 0 Å². The molecule has 1 aliphatic rings. The fourth-order valence-corrected chi connectivity index (χ4v) is 3.86. The van der Waals surface area contributed by atoms with Crippen molar-refractivity contribution in [1.29, 1.82) is 0 Å². The van der Waals surface area contributed by atoms with E-state index in [1.165, 1.54) is 22.3 Å². The van der Waals surface area contributed by atoms with Crippen LogP contribution in [-0.2, 0) is 21.5 Å². The first-order valence-electron chi connectivity index (χ1n) is 6.51. The molecule has 0 radical (unpaired) electrons. The van der Waals surface area contributed by atoms with E-state index in [2.05, 4.69) is 0 Å². The normalized spacial score (nSPS) is 14.7. The number of fused-ring (bicyclic) bond motifs is 3. The first-order valence-corrected chi connectivity index (χ1v) is 9.07. The lowest BCUT2D eigenvalue weighted by molar-refractivity contribution is 0.0816. The standard InChI is InChI=1S/C14H10N2O6S2/c17-13-10-5-2-1-4-8(10)9-6-3-7-11(12(9)14(13)18)15-24(21,22)16-23(19)20/h1-7,15-16H,(H,19,20)/p-1. The Morgan fingerprint density at radius 1 is 0.875 bits per heavy atom. The lowest BCUT2D eigenvalue weighted by Crippen LogP contribution is -2.32. The maximum Gasteiger partial charge on any atom is 0.309 e. The fourth-order valence-electron chi connectivity index (χ4n) is 2.51. The molecule has 0 heterocycles. The van der Waals surface area contributed by atoms with Gasteiger partial charge in [0.1, 0.15) is 0 Å². The molecule has 0 aromatic heterocycles. The van der Waals surface area contributed by atoms with Crippen molar-refractivity contribution in [3.63, 3.8) is 0 Å². The van der Waals surface area contributed by atoms with Gasteiger partial charge in [0, 0.05) is 16.8 Å². The summed E-state index contributed by atoms with van der Waals surface area (Å²) >= 11 is -3.06. The number of hydrogen-bond acceptors (Lipinski definition) is 6. The molecule has 0 spiro atoms. The Morgan fingerprint density at radius 3 is 2.17 bits per heavy atom. The number of carbonyl (C=O) groups excluding carboxylic acids is 2. The zero-order valence-corrected chi connectivity index (χ0v) is 13.4. The molecule has 1 unspecified atom stereocenters. The van der Waals surface area contributed by atoms with E-state index in [-0.39, 0.29) is 16.8 Å². The predicted molar refractivity (Wildman–Crippen MR) is 85.1 cm³/mol. The lowest BCUT2D eigenvalue weighted by atomic mass is 9.83. The van der Waals surface area contributed by atoms with Crippen LogP contribution in [0.15, 0.2) is 42.5 Å². The predicted octanol–water partition coefficient (Wildman–Crippen LogP) is 0.773. The van der Waals surface area contributed by atoms with Crippen LogP contribution in [-0.4, -0.2) is 28.7 Å². The van der Waals surface area contributed by atoms with Crippen LogP contribution in [0.3, 0.4) is 0 Å². The summed E-state index contributed by atoms with van der Waals surface area (Å²) < 4.78 is 47.7. The van der Waals surface area contributed by atoms with Crippen molar-refractivity contribution in [3.05, 3.63) is 53.6 Å². The van der Waals surface area contributed by atoms with Gasteiger partial charge in [0.15, 0.2) is 0 Å². The van der Waals surface area contributed by atoms with Gasteiger partial charge in [-0.3, -0.25) is 18.5 Å². The van der Waals surface area contributed by atoms with Gasteiger partial charge in [-0.2, -0.15) is 8.42 Å². The number of nitrogens with one attached hydrogen (secondary N) is 2. The van der Waals surface area contributed by atoms with Gasteiger partial charge in [-0.1, -0.05) is 36.4 Å². The Morgan fingerprint density at radius 2 is 1.50 bits per heavy atom. The molecular formula is C14H9N2O6S2-. The van der Waals surface area contributed by atoms with Gasteiger partial charge >= 0.3 is 10.2 Å². The largest absolute Gasteiger partial charge is 0.759 e. The van der Waals surface area contributed by atoms with Crippen LogP contribution in [0.2, 0.25) is 0 Å². The highest BCUT2D eigenvalue weighted by atomic mass is 32.3. The Balaban J connectivity index is 2.17. The minimum absolute atomic E-state index is 0.122. The van der Waals surface area contributed by atoms with Gasteiger partial charge in [-0.05, 0) is 17.2 Å². The van der Waals surface area contributed by atoms with Crippen molar-refractivity contribution < 1.29 is 26.8 Å². The monoisotopic (exact) mass is 365 g/mol. The highest BCUT2D eigenvalue weighted by Gasteiger charge is 2.32. The van der Waals surface area contributed by atoms with Crippen molar-refractivity contribution in [2.45, 2.75) is 0 Å². The van der Waals surface area contributed by atoms with Crippen molar-refractivity contribution in [1.82, 2.24) is 4.13 Å². The molecule has 1 atom stereocenters. The van der Waals surface area contributed by atoms with E-state index in [1.807, 2.05) is 4.72 Å². The number of benzene rings is 2. The number of Topliss-reactive ketones (excluding diaryl/α,β-unsaturated/α-hetero) is 2. The topological polar surface area (TPSA) is 132 Å². The summed E-state index contributed by atoms with van der Waals surface area (Å²) in [6.07, 6.45) is 0. The zero-order valence-electron chi connectivity index (χ0n) is 11.8. The second kappa shape index (κ2) is 5.91. The third kappa shape index (κ3) is 2.87. The van der Waals surface area contributed by atoms with Crippen LogP contribution in [0.4, 0.5) is 5.69 Å². The van der Waals surface area contributed by atoms with Crippen molar-refractivity contribution in [2.24, 2.45) is 0 Å². The molecule has 2 aromatic rings. The summed E-state index contributed by atoms with van der Waals surface area (Å²) in [6.45, 7) is 0. The Labute approximate surface area is 139 Å². The highest BCUT2D eigenvalue weighted by Crippen LogP contribution is 2.37. The van der Waals surface area contributed by atoms with Crippen molar-refractivity contribution >= 4 is 38.7 Å². The molecular weight excluding hydrogens is 356 g/mol. The molecule has 1 aliphatic carbocycles. The Hall–Kier alpha value is -2.40. The van der Waals surface area contributed by atoms with Gasteiger partial charge < -0.3 is 4.55 Å². The summed E-state index contributed by atoms with van der Waals surface area (Å²) in [7, 11) is -4.46. The average Bonchev–Trinajstić information content (AvgIpc) is 2.51. The molecule has 124 valence electrons. The minimum atomic E-state index is -4.46. The molecule has 0 saturated carbocycles. The fraction of sp³-hybridized carbons (Fsp3) is 0. The SMILES string of the molecule is O=C1C(=O)c2c(NS(=O)(=O)NS(=O)[O-])cccc2-c2ccccc21. The van der Waals surface area contributed by atoms with Crippen LogP contribution in [0.25, 0.3) is 11.1 Å². The van der Waals surface area contributed by atoms with E-state index in [0.29, 0.717) is 11.1 Å². The molecule has 0 aliphatic heterocycles. The first-order chi connectivity index (χ1) is 11.3. The van der Waals surface area contributed by atoms with Gasteiger partial charge in [0.25, 0.3) is 0 Å². The quantitative estimate of drug-likeness (QED) is 0.607. The van der Waals surface area contributed by atoms with Gasteiger partial charge in [0.05, 0.1) is 11.3 Å². The molecule has 2 aromatic carbocycles. The van der Waals surface area contributed by atoms with Crippen LogP contribution in [0.1, 0.15) is 20.7 Å². The van der Waals surface area contributed by atoms with Crippen molar-refractivity contribution in [2.75, 3.05) is 4.72 Å². The number of anilines is 1. The van der Waals surface area contributed by atoms with Gasteiger partial charge in [-0.25, -0.2) is 0 Å². The van der Waals surface area contributed by atoms with E-state index < -0.39 is 33.0 Å². The minimum Gasteiger partial charge on any atom is -0.759 e. The molecule has 10 heteroatoms. The second-order valence-corrected chi connectivity index (χ2v) is 7.20. The van der Waals surface area contributed by atoms with E-state index in [9.17, 15) is 26.8 Å². The molecule has 0 fully saturated rings. The molecule has 8 nitrogen and oxygen atoms in total. The summed E-state index contributed by atoms with van der Waals surface area (Å²) in [5, 5.41) is 0. The van der Waals surface area contributed by atoms with Crippen LogP contribution in [0, 0.1) is 0 Å². The second-order valence-electron chi connectivity index (χ2n) is 4.86. The first kappa shape index (κ1) is 16.5. The van der Waals surface area contributed by atoms with E-state index in [4.69, 9.17) is 0 Å². The highest BCUT2D eigenvalue weighted by molar-refractivity contribution is 8.00. The lowest BCUT2D eigenvalue weighted by Gasteiger charge is -2.21. The Bertz CT molecular complexity index is 1000. The summed E-state index contributed by atoms with van der Waals surface area (Å²) in [5.74, 6) is -1.63. The summed E-state index contributed by atoms with van der Waals surface area (Å²) in [6, 6.07) is 10.8. The molecule has 2 N–H and O–H groups in total. The smallest absolute Gasteiger partial charge is 0.309 e. The third-order valence-corrected chi connectivity index (χ3v) is 5.29. The molecule has 0 amide bonds. The third-order valence-electron chi connectivity index (χ3n) is 3.38. The maximum atomic E-state index is 12.4. The average molecular weight is 365 g/mol. The molecule has 3 rings (SSSR count). The van der Waals surface area contributed by atoms with E-state index in [1.54, 1.807) is 24.3 Å². The summed E-state index contributed by atoms with van der Waals surface area (Å²) in [4.78, 5) is 24.6. The van der Waals surface area contributed by atoms with E-state index in [0.717, 1.165) is 0 Å². The van der Waals surface area contributed by atoms with Gasteiger partial charge in [0.2, 0.25) is 11.6 Å². The van der Waals surface area contributed by atoms with Crippen LogP contribution in [0.5, 0.6) is 0 Å². The molecule has 24 heavy (non-hydrogen) atoms.